The standard InChI is InChI=1S/C13H12F3N3O2/c14-13(15,16)9-1-2-10(8(5-9)6-17)19-4-3-12(18,7-19)11(20)21/h1-2,5H,3-4,7,18H2,(H,20,21). The van der Waals surface area contributed by atoms with Crippen molar-refractivity contribution in [2.24, 2.45) is 5.73 Å². The van der Waals surface area contributed by atoms with Crippen molar-refractivity contribution in [3.63, 3.8) is 0 Å². The predicted molar refractivity (Wildman–Crippen MR) is 67.5 cm³/mol. The number of alkyl halides is 3. The monoisotopic (exact) mass is 299 g/mol. The zero-order valence-corrected chi connectivity index (χ0v) is 10.8. The van der Waals surface area contributed by atoms with Gasteiger partial charge in [0.05, 0.1) is 16.8 Å². The Hall–Kier alpha value is -2.27. The molecule has 0 radical (unpaired) electrons. The topological polar surface area (TPSA) is 90.4 Å². The van der Waals surface area contributed by atoms with Gasteiger partial charge in [-0.15, -0.1) is 0 Å². The van der Waals surface area contributed by atoms with E-state index in [9.17, 15) is 18.0 Å². The highest BCUT2D eigenvalue weighted by atomic mass is 19.4. The van der Waals surface area contributed by atoms with Crippen molar-refractivity contribution in [3.05, 3.63) is 29.3 Å². The molecular weight excluding hydrogens is 287 g/mol. The highest BCUT2D eigenvalue weighted by Crippen LogP contribution is 2.34. The van der Waals surface area contributed by atoms with Crippen LogP contribution in [0.5, 0.6) is 0 Å². The minimum absolute atomic E-state index is 0.0532. The molecule has 3 N–H and O–H groups in total. The van der Waals surface area contributed by atoms with Gasteiger partial charge in [-0.1, -0.05) is 0 Å². The molecule has 0 amide bonds. The van der Waals surface area contributed by atoms with Gasteiger partial charge in [0.15, 0.2) is 0 Å². The van der Waals surface area contributed by atoms with Crippen LogP contribution >= 0.6 is 0 Å². The van der Waals surface area contributed by atoms with Crippen molar-refractivity contribution >= 4 is 11.7 Å². The van der Waals surface area contributed by atoms with Gasteiger partial charge in [0.2, 0.25) is 0 Å². The van der Waals surface area contributed by atoms with Crippen LogP contribution < -0.4 is 10.6 Å². The number of hydrogen-bond acceptors (Lipinski definition) is 4. The first-order chi connectivity index (χ1) is 9.67. The van der Waals surface area contributed by atoms with Crippen LogP contribution in [-0.4, -0.2) is 29.7 Å². The number of carbonyl (C=O) groups is 1. The van der Waals surface area contributed by atoms with Gasteiger partial charge in [-0.2, -0.15) is 18.4 Å². The second-order valence-electron chi connectivity index (χ2n) is 4.97. The first-order valence-electron chi connectivity index (χ1n) is 6.06. The molecule has 21 heavy (non-hydrogen) atoms. The van der Waals surface area contributed by atoms with Gasteiger partial charge < -0.3 is 15.7 Å². The number of carboxylic acid groups (broad SMARTS) is 1. The van der Waals surface area contributed by atoms with Crippen LogP contribution in [0.2, 0.25) is 0 Å². The highest BCUT2D eigenvalue weighted by Gasteiger charge is 2.42. The van der Waals surface area contributed by atoms with E-state index in [-0.39, 0.29) is 30.8 Å². The molecule has 1 heterocycles. The number of carboxylic acids is 1. The van der Waals surface area contributed by atoms with Crippen molar-refractivity contribution in [2.75, 3.05) is 18.0 Å². The average Bonchev–Trinajstić information content (AvgIpc) is 2.81. The molecule has 112 valence electrons. The lowest BCUT2D eigenvalue weighted by molar-refractivity contribution is -0.142. The van der Waals surface area contributed by atoms with Crippen molar-refractivity contribution in [2.45, 2.75) is 18.1 Å². The quantitative estimate of drug-likeness (QED) is 0.865. The lowest BCUT2D eigenvalue weighted by Crippen LogP contribution is -2.50. The predicted octanol–water partition coefficient (Wildman–Crippen LogP) is 1.57. The van der Waals surface area contributed by atoms with Crippen LogP contribution in [0, 0.1) is 11.3 Å². The summed E-state index contributed by atoms with van der Waals surface area (Å²) in [6.45, 7) is 0.214. The summed E-state index contributed by atoms with van der Waals surface area (Å²) in [5, 5.41) is 18.1. The summed E-state index contributed by atoms with van der Waals surface area (Å²) in [5.74, 6) is -1.17. The van der Waals surface area contributed by atoms with Crippen LogP contribution in [0.1, 0.15) is 17.5 Å². The lowest BCUT2D eigenvalue weighted by atomic mass is 10.0. The van der Waals surface area contributed by atoms with Gasteiger partial charge >= 0.3 is 12.1 Å². The molecule has 0 spiro atoms. The number of aliphatic carboxylic acids is 1. The van der Waals surface area contributed by atoms with Crippen LogP contribution in [0.25, 0.3) is 0 Å². The number of anilines is 1. The Morgan fingerprint density at radius 2 is 2.14 bits per heavy atom. The van der Waals surface area contributed by atoms with Gasteiger partial charge in [-0.05, 0) is 24.6 Å². The van der Waals surface area contributed by atoms with E-state index in [1.807, 2.05) is 0 Å². The summed E-state index contributed by atoms with van der Waals surface area (Å²) in [6, 6.07) is 4.51. The van der Waals surface area contributed by atoms with Crippen LogP contribution in [-0.2, 0) is 11.0 Å². The van der Waals surface area contributed by atoms with Crippen molar-refractivity contribution in [1.29, 1.82) is 5.26 Å². The molecule has 0 aromatic heterocycles. The molecule has 1 aromatic carbocycles. The highest BCUT2D eigenvalue weighted by molar-refractivity contribution is 5.81. The molecule has 2 rings (SSSR count). The maximum Gasteiger partial charge on any atom is 0.416 e. The Labute approximate surface area is 118 Å². The summed E-state index contributed by atoms with van der Waals surface area (Å²) in [7, 11) is 0. The summed E-state index contributed by atoms with van der Waals surface area (Å²) in [6.07, 6.45) is -4.37. The average molecular weight is 299 g/mol. The number of halogens is 3. The molecule has 1 atom stereocenters. The fourth-order valence-electron chi connectivity index (χ4n) is 2.29. The second-order valence-corrected chi connectivity index (χ2v) is 4.97. The molecule has 1 saturated heterocycles. The van der Waals surface area contributed by atoms with E-state index >= 15 is 0 Å². The molecule has 0 aliphatic carbocycles. The van der Waals surface area contributed by atoms with E-state index in [1.54, 1.807) is 6.07 Å². The zero-order valence-electron chi connectivity index (χ0n) is 10.8. The fraction of sp³-hybridized carbons (Fsp3) is 0.385. The van der Waals surface area contributed by atoms with Gasteiger partial charge in [0.25, 0.3) is 0 Å². The molecule has 1 unspecified atom stereocenters. The van der Waals surface area contributed by atoms with Gasteiger partial charge in [0, 0.05) is 13.1 Å². The van der Waals surface area contributed by atoms with Crippen molar-refractivity contribution < 1.29 is 23.1 Å². The third kappa shape index (κ3) is 2.78. The van der Waals surface area contributed by atoms with Gasteiger partial charge in [-0.25, -0.2) is 0 Å². The molecule has 1 aliphatic rings. The SMILES string of the molecule is N#Cc1cc(C(F)(F)F)ccc1N1CCC(N)(C(=O)O)C1. The van der Waals surface area contributed by atoms with Crippen LogP contribution in [0.3, 0.4) is 0 Å². The minimum Gasteiger partial charge on any atom is -0.480 e. The Balaban J connectivity index is 2.34. The first kappa shape index (κ1) is 15.1. The lowest BCUT2D eigenvalue weighted by Gasteiger charge is -2.23. The number of nitrogens with zero attached hydrogens (tertiary/aromatic N) is 2. The van der Waals surface area contributed by atoms with Gasteiger partial charge in [0.1, 0.15) is 11.6 Å². The number of nitrogens with two attached hydrogens (primary N) is 1. The third-order valence-corrected chi connectivity index (χ3v) is 3.51. The Kier molecular flexibility index (Phi) is 3.55. The molecule has 5 nitrogen and oxygen atoms in total. The van der Waals surface area contributed by atoms with Crippen LogP contribution in [0.4, 0.5) is 18.9 Å². The number of nitriles is 1. The van der Waals surface area contributed by atoms with Crippen molar-refractivity contribution in [1.82, 2.24) is 0 Å². The summed E-state index contributed by atoms with van der Waals surface area (Å²) in [5.41, 5.74) is 3.46. The van der Waals surface area contributed by atoms with E-state index in [0.717, 1.165) is 12.1 Å². The molecule has 1 fully saturated rings. The van der Waals surface area contributed by atoms with E-state index in [4.69, 9.17) is 16.1 Å². The maximum atomic E-state index is 12.6. The normalized spacial score (nSPS) is 22.1. The fourth-order valence-corrected chi connectivity index (χ4v) is 2.29. The summed E-state index contributed by atoms with van der Waals surface area (Å²) < 4.78 is 37.9. The molecule has 1 aromatic rings. The van der Waals surface area contributed by atoms with Crippen molar-refractivity contribution in [3.8, 4) is 6.07 Å². The summed E-state index contributed by atoms with van der Waals surface area (Å²) in [4.78, 5) is 12.6. The minimum atomic E-state index is -4.53. The third-order valence-electron chi connectivity index (χ3n) is 3.51. The van der Waals surface area contributed by atoms with Crippen LogP contribution in [0.15, 0.2) is 18.2 Å². The Bertz CT molecular complexity index is 624. The summed E-state index contributed by atoms with van der Waals surface area (Å²) >= 11 is 0. The smallest absolute Gasteiger partial charge is 0.416 e. The number of rotatable bonds is 2. The molecule has 1 aliphatic heterocycles. The van der Waals surface area contributed by atoms with E-state index in [1.165, 1.54) is 11.0 Å². The first-order valence-corrected chi connectivity index (χ1v) is 6.06. The van der Waals surface area contributed by atoms with E-state index in [2.05, 4.69) is 0 Å². The van der Waals surface area contributed by atoms with E-state index in [0.29, 0.717) is 0 Å². The Morgan fingerprint density at radius 1 is 1.48 bits per heavy atom. The number of benzene rings is 1. The second kappa shape index (κ2) is 4.93. The molecule has 0 bridgehead atoms. The molecule has 0 saturated carbocycles. The largest absolute Gasteiger partial charge is 0.480 e. The maximum absolute atomic E-state index is 12.6. The Morgan fingerprint density at radius 3 is 2.62 bits per heavy atom. The van der Waals surface area contributed by atoms with Gasteiger partial charge in [-0.3, -0.25) is 4.79 Å². The molecule has 8 heteroatoms. The molecular formula is C13H12F3N3O2. The van der Waals surface area contributed by atoms with E-state index < -0.39 is 23.2 Å². The number of hydrogen-bond donors (Lipinski definition) is 2. The zero-order chi connectivity index (χ0) is 15.8.